The summed E-state index contributed by atoms with van der Waals surface area (Å²) < 4.78 is 5.17. The molecule has 1 aliphatic heterocycles. The second-order valence-electron chi connectivity index (χ2n) is 6.48. The Kier molecular flexibility index (Phi) is 8.27. The van der Waals surface area contributed by atoms with Crippen molar-refractivity contribution in [2.24, 2.45) is 5.92 Å². The Labute approximate surface area is 130 Å². The van der Waals surface area contributed by atoms with Crippen LogP contribution in [0, 0.1) is 5.92 Å². The molecule has 0 saturated carbocycles. The van der Waals surface area contributed by atoms with E-state index in [2.05, 4.69) is 17.1 Å². The van der Waals surface area contributed by atoms with E-state index in [1.54, 1.807) is 0 Å². The van der Waals surface area contributed by atoms with Gasteiger partial charge in [-0.2, -0.15) is 0 Å². The molecular weight excluding hydrogens is 264 g/mol. The van der Waals surface area contributed by atoms with E-state index in [0.717, 1.165) is 25.3 Å². The zero-order valence-electron chi connectivity index (χ0n) is 14.4. The first-order valence-electron chi connectivity index (χ1n) is 8.64. The van der Waals surface area contributed by atoms with Gasteiger partial charge in [0.25, 0.3) is 0 Å². The Morgan fingerprint density at radius 3 is 2.52 bits per heavy atom. The Morgan fingerprint density at radius 2 is 2.00 bits per heavy atom. The predicted octanol–water partition coefficient (Wildman–Crippen LogP) is 2.82. The predicted molar refractivity (Wildman–Crippen MR) is 87.4 cm³/mol. The first-order valence-corrected chi connectivity index (χ1v) is 8.64. The molecule has 124 valence electrons. The van der Waals surface area contributed by atoms with Gasteiger partial charge in [0.1, 0.15) is 5.54 Å². The molecule has 1 heterocycles. The van der Waals surface area contributed by atoms with Gasteiger partial charge in [0.15, 0.2) is 0 Å². The largest absolute Gasteiger partial charge is 0.465 e. The van der Waals surface area contributed by atoms with E-state index in [1.807, 2.05) is 20.9 Å². The van der Waals surface area contributed by atoms with Crippen molar-refractivity contribution in [1.82, 2.24) is 10.2 Å². The van der Waals surface area contributed by atoms with Crippen LogP contribution in [0.3, 0.4) is 0 Å². The van der Waals surface area contributed by atoms with Gasteiger partial charge in [-0.15, -0.1) is 0 Å². The van der Waals surface area contributed by atoms with Crippen molar-refractivity contribution in [2.75, 3.05) is 33.3 Å². The van der Waals surface area contributed by atoms with E-state index in [4.69, 9.17) is 4.74 Å². The lowest BCUT2D eigenvalue weighted by Crippen LogP contribution is -2.49. The maximum absolute atomic E-state index is 12.0. The highest BCUT2D eigenvalue weighted by Crippen LogP contribution is 2.22. The molecule has 1 saturated heterocycles. The molecule has 1 aliphatic rings. The zero-order valence-corrected chi connectivity index (χ0v) is 14.4. The zero-order chi connectivity index (χ0) is 15.7. The number of rotatable bonds is 9. The number of ether oxygens (including phenoxy) is 1. The van der Waals surface area contributed by atoms with Gasteiger partial charge in [-0.1, -0.05) is 19.8 Å². The van der Waals surface area contributed by atoms with Crippen LogP contribution in [0.4, 0.5) is 0 Å². The van der Waals surface area contributed by atoms with Crippen LogP contribution in [0.15, 0.2) is 0 Å². The number of nitrogens with zero attached hydrogens (tertiary/aromatic N) is 1. The number of carbonyl (C=O) groups excluding carboxylic acids is 1. The first kappa shape index (κ1) is 18.4. The van der Waals surface area contributed by atoms with Crippen LogP contribution in [0.25, 0.3) is 0 Å². The molecule has 1 atom stereocenters. The molecule has 0 radical (unpaired) electrons. The van der Waals surface area contributed by atoms with Crippen molar-refractivity contribution in [2.45, 2.75) is 64.8 Å². The summed E-state index contributed by atoms with van der Waals surface area (Å²) in [5.41, 5.74) is -0.545. The highest BCUT2D eigenvalue weighted by Gasteiger charge is 2.32. The van der Waals surface area contributed by atoms with Crippen molar-refractivity contribution < 1.29 is 9.53 Å². The van der Waals surface area contributed by atoms with E-state index < -0.39 is 5.54 Å². The summed E-state index contributed by atoms with van der Waals surface area (Å²) >= 11 is 0. The van der Waals surface area contributed by atoms with Crippen LogP contribution in [-0.2, 0) is 9.53 Å². The van der Waals surface area contributed by atoms with Gasteiger partial charge in [0, 0.05) is 0 Å². The number of esters is 1. The summed E-state index contributed by atoms with van der Waals surface area (Å²) in [4.78, 5) is 14.5. The summed E-state index contributed by atoms with van der Waals surface area (Å²) in [6, 6.07) is 0. The number of piperidine rings is 1. The molecule has 4 heteroatoms. The summed E-state index contributed by atoms with van der Waals surface area (Å²) in [7, 11) is 1.84. The molecular formula is C17H34N2O2. The van der Waals surface area contributed by atoms with Crippen molar-refractivity contribution in [3.8, 4) is 0 Å². The molecule has 0 amide bonds. The van der Waals surface area contributed by atoms with Crippen molar-refractivity contribution >= 4 is 5.97 Å². The summed E-state index contributed by atoms with van der Waals surface area (Å²) in [5, 5.41) is 3.13. The van der Waals surface area contributed by atoms with Crippen LogP contribution < -0.4 is 5.32 Å². The fraction of sp³-hybridized carbons (Fsp3) is 0.941. The van der Waals surface area contributed by atoms with Gasteiger partial charge in [-0.25, -0.2) is 0 Å². The van der Waals surface area contributed by atoms with E-state index in [1.165, 1.54) is 38.8 Å². The van der Waals surface area contributed by atoms with Gasteiger partial charge in [-0.05, 0) is 72.1 Å². The number of carbonyl (C=O) groups is 1. The normalized spacial score (nSPS) is 20.2. The number of likely N-dealkylation sites (tertiary alicyclic amines) is 1. The van der Waals surface area contributed by atoms with Crippen LogP contribution in [0.1, 0.15) is 59.3 Å². The van der Waals surface area contributed by atoms with Crippen molar-refractivity contribution in [3.63, 3.8) is 0 Å². The Balaban J connectivity index is 2.27. The maximum atomic E-state index is 12.0. The minimum Gasteiger partial charge on any atom is -0.465 e. The topological polar surface area (TPSA) is 41.6 Å². The van der Waals surface area contributed by atoms with Crippen molar-refractivity contribution in [3.05, 3.63) is 0 Å². The Bertz CT molecular complexity index is 301. The molecule has 0 aromatic carbocycles. The molecule has 0 spiro atoms. The highest BCUT2D eigenvalue weighted by molar-refractivity contribution is 5.80. The molecule has 4 nitrogen and oxygen atoms in total. The first-order chi connectivity index (χ1) is 10.1. The third kappa shape index (κ3) is 5.95. The van der Waals surface area contributed by atoms with Crippen LogP contribution in [-0.4, -0.2) is 49.7 Å². The molecule has 0 aromatic rings. The lowest BCUT2D eigenvalue weighted by molar-refractivity contribution is -0.150. The molecule has 1 N–H and O–H groups in total. The fourth-order valence-corrected chi connectivity index (χ4v) is 3.18. The molecule has 1 rings (SSSR count). The van der Waals surface area contributed by atoms with Crippen LogP contribution in [0.2, 0.25) is 0 Å². The van der Waals surface area contributed by atoms with E-state index in [0.29, 0.717) is 6.61 Å². The smallest absolute Gasteiger partial charge is 0.326 e. The number of hydrogen-bond donors (Lipinski definition) is 1. The summed E-state index contributed by atoms with van der Waals surface area (Å²) in [5.74, 6) is 0.808. The monoisotopic (exact) mass is 298 g/mol. The molecule has 0 bridgehead atoms. The summed E-state index contributed by atoms with van der Waals surface area (Å²) in [6.07, 6.45) is 7.25. The van der Waals surface area contributed by atoms with E-state index in [9.17, 15) is 4.79 Å². The third-order valence-corrected chi connectivity index (χ3v) is 4.83. The summed E-state index contributed by atoms with van der Waals surface area (Å²) in [6.45, 7) is 10.1. The molecule has 1 fully saturated rings. The number of nitrogens with one attached hydrogen (secondary N) is 1. The minimum absolute atomic E-state index is 0.130. The number of hydrogen-bond acceptors (Lipinski definition) is 4. The average molecular weight is 298 g/mol. The Morgan fingerprint density at radius 1 is 1.33 bits per heavy atom. The number of likely N-dealkylation sites (N-methyl/N-ethyl adjacent to an activating group) is 1. The van der Waals surface area contributed by atoms with E-state index >= 15 is 0 Å². The van der Waals surface area contributed by atoms with E-state index in [-0.39, 0.29) is 5.97 Å². The van der Waals surface area contributed by atoms with Crippen molar-refractivity contribution in [1.29, 1.82) is 0 Å². The van der Waals surface area contributed by atoms with Gasteiger partial charge >= 0.3 is 5.97 Å². The van der Waals surface area contributed by atoms with Crippen LogP contribution in [0.5, 0.6) is 0 Å². The maximum Gasteiger partial charge on any atom is 0.326 e. The second-order valence-corrected chi connectivity index (χ2v) is 6.48. The standard InChI is InChI=1S/C17H34N2O2/c1-5-8-15-9-13-19(14-10-15)12-7-11-17(3,18-4)16(20)21-6-2/h15,18H,5-14H2,1-4H3. The van der Waals surface area contributed by atoms with Gasteiger partial charge in [0.2, 0.25) is 0 Å². The lowest BCUT2D eigenvalue weighted by atomic mass is 9.92. The fourth-order valence-electron chi connectivity index (χ4n) is 3.18. The average Bonchev–Trinajstić information content (AvgIpc) is 2.49. The molecule has 1 unspecified atom stereocenters. The molecule has 0 aliphatic carbocycles. The highest BCUT2D eigenvalue weighted by atomic mass is 16.5. The third-order valence-electron chi connectivity index (χ3n) is 4.83. The van der Waals surface area contributed by atoms with Crippen LogP contribution >= 0.6 is 0 Å². The van der Waals surface area contributed by atoms with Gasteiger partial charge in [0.05, 0.1) is 6.61 Å². The lowest BCUT2D eigenvalue weighted by Gasteiger charge is -2.33. The van der Waals surface area contributed by atoms with Gasteiger partial charge in [-0.3, -0.25) is 4.79 Å². The molecule has 0 aromatic heterocycles. The molecule has 21 heavy (non-hydrogen) atoms. The Hall–Kier alpha value is -0.610. The van der Waals surface area contributed by atoms with Gasteiger partial charge < -0.3 is 15.0 Å². The second kappa shape index (κ2) is 9.42. The minimum atomic E-state index is -0.545. The quantitative estimate of drug-likeness (QED) is 0.665. The SMILES string of the molecule is CCCC1CCN(CCCC(C)(NC)C(=O)OCC)CC1.